The zero-order valence-corrected chi connectivity index (χ0v) is 14.2. The molecule has 0 spiro atoms. The van der Waals surface area contributed by atoms with E-state index in [2.05, 4.69) is 17.3 Å². The van der Waals surface area contributed by atoms with Gasteiger partial charge >= 0.3 is 0 Å². The molecule has 0 fully saturated rings. The highest BCUT2D eigenvalue weighted by molar-refractivity contribution is 5.79. The van der Waals surface area contributed by atoms with Gasteiger partial charge in [-0.1, -0.05) is 42.5 Å². The second kappa shape index (κ2) is 6.84. The van der Waals surface area contributed by atoms with Crippen molar-refractivity contribution in [1.82, 2.24) is 14.7 Å². The fraction of sp³-hybridized carbons (Fsp3) is 0.400. The van der Waals surface area contributed by atoms with Crippen molar-refractivity contribution in [3.63, 3.8) is 0 Å². The molecule has 0 bridgehead atoms. The van der Waals surface area contributed by atoms with Crippen LogP contribution in [0.4, 0.5) is 0 Å². The van der Waals surface area contributed by atoms with Gasteiger partial charge < -0.3 is 10.0 Å². The van der Waals surface area contributed by atoms with Crippen molar-refractivity contribution in [2.24, 2.45) is 5.92 Å². The first-order valence-electron chi connectivity index (χ1n) is 8.93. The summed E-state index contributed by atoms with van der Waals surface area (Å²) in [5.74, 6) is 0.349. The Balaban J connectivity index is 1.44. The van der Waals surface area contributed by atoms with E-state index in [9.17, 15) is 9.90 Å². The summed E-state index contributed by atoms with van der Waals surface area (Å²) in [6, 6.07) is 11.9. The molecule has 2 aromatic rings. The van der Waals surface area contributed by atoms with Crippen molar-refractivity contribution in [2.75, 3.05) is 6.54 Å². The topological polar surface area (TPSA) is 58.4 Å². The molecule has 0 radical (unpaired) electrons. The van der Waals surface area contributed by atoms with E-state index in [1.54, 1.807) is 0 Å². The first kappa shape index (κ1) is 16.1. The van der Waals surface area contributed by atoms with Crippen LogP contribution in [0.2, 0.25) is 0 Å². The summed E-state index contributed by atoms with van der Waals surface area (Å²) in [5, 5.41) is 15.1. The van der Waals surface area contributed by atoms with Crippen LogP contribution in [0.3, 0.4) is 0 Å². The molecule has 4 rings (SSSR count). The van der Waals surface area contributed by atoms with E-state index in [1.807, 2.05) is 46.0 Å². The summed E-state index contributed by atoms with van der Waals surface area (Å²) in [7, 11) is 0. The van der Waals surface area contributed by atoms with Crippen LogP contribution >= 0.6 is 0 Å². The van der Waals surface area contributed by atoms with E-state index in [-0.39, 0.29) is 11.8 Å². The van der Waals surface area contributed by atoms with Gasteiger partial charge in [0.1, 0.15) is 6.10 Å². The number of aliphatic hydroxyl groups excluding tert-OH is 1. The van der Waals surface area contributed by atoms with Gasteiger partial charge in [-0.2, -0.15) is 5.10 Å². The molecule has 5 heteroatoms. The molecule has 2 heterocycles. The van der Waals surface area contributed by atoms with Crippen LogP contribution in [0.15, 0.2) is 48.6 Å². The molecule has 1 aromatic carbocycles. The largest absolute Gasteiger partial charge is 0.386 e. The highest BCUT2D eigenvalue weighted by Crippen LogP contribution is 2.25. The molecule has 1 amide bonds. The van der Waals surface area contributed by atoms with Gasteiger partial charge in [0.25, 0.3) is 0 Å². The van der Waals surface area contributed by atoms with Crippen LogP contribution in [0, 0.1) is 5.92 Å². The predicted octanol–water partition coefficient (Wildman–Crippen LogP) is 2.47. The lowest BCUT2D eigenvalue weighted by Crippen LogP contribution is -2.41. The third-order valence-electron chi connectivity index (χ3n) is 5.10. The number of amides is 1. The molecule has 5 nitrogen and oxygen atoms in total. The molecule has 25 heavy (non-hydrogen) atoms. The molecule has 1 aliphatic heterocycles. The van der Waals surface area contributed by atoms with Crippen molar-refractivity contribution in [1.29, 1.82) is 0 Å². The molecule has 1 aliphatic carbocycles. The summed E-state index contributed by atoms with van der Waals surface area (Å²) < 4.78 is 1.93. The number of fused-ring (bicyclic) bond motifs is 1. The predicted molar refractivity (Wildman–Crippen MR) is 94.6 cm³/mol. The lowest BCUT2D eigenvalue weighted by molar-refractivity contribution is -0.136. The van der Waals surface area contributed by atoms with E-state index in [0.717, 1.165) is 24.1 Å². The Bertz CT molecular complexity index is 773. The first-order chi connectivity index (χ1) is 12.2. The molecule has 1 atom stereocenters. The van der Waals surface area contributed by atoms with Crippen LogP contribution in [0.25, 0.3) is 0 Å². The minimum Gasteiger partial charge on any atom is -0.386 e. The van der Waals surface area contributed by atoms with Gasteiger partial charge in [0, 0.05) is 18.9 Å². The number of rotatable bonds is 4. The third-order valence-corrected chi connectivity index (χ3v) is 5.10. The zero-order chi connectivity index (χ0) is 17.2. The minimum atomic E-state index is -0.622. The van der Waals surface area contributed by atoms with Crippen LogP contribution in [-0.2, 0) is 24.3 Å². The van der Waals surface area contributed by atoms with E-state index in [0.29, 0.717) is 31.7 Å². The molecular formula is C20H23N3O2. The van der Waals surface area contributed by atoms with E-state index in [4.69, 9.17) is 0 Å². The van der Waals surface area contributed by atoms with Gasteiger partial charge in [-0.05, 0) is 24.5 Å². The van der Waals surface area contributed by atoms with Gasteiger partial charge in [-0.25, -0.2) is 0 Å². The number of hydrogen-bond acceptors (Lipinski definition) is 3. The SMILES string of the molecule is O=C(C1CC=CC1)N1CCn2nc([C@@H](O)Cc3ccccc3)cc2C1. The van der Waals surface area contributed by atoms with Crippen molar-refractivity contribution in [3.05, 3.63) is 65.5 Å². The van der Waals surface area contributed by atoms with Crippen LogP contribution in [0.1, 0.15) is 35.9 Å². The summed E-state index contributed by atoms with van der Waals surface area (Å²) in [5.41, 5.74) is 2.79. The third kappa shape index (κ3) is 3.37. The fourth-order valence-corrected chi connectivity index (χ4v) is 3.66. The number of aromatic nitrogens is 2. The first-order valence-corrected chi connectivity index (χ1v) is 8.93. The lowest BCUT2D eigenvalue weighted by Gasteiger charge is -2.29. The van der Waals surface area contributed by atoms with E-state index >= 15 is 0 Å². The molecule has 1 aromatic heterocycles. The molecule has 0 saturated heterocycles. The maximum Gasteiger partial charge on any atom is 0.226 e. The van der Waals surface area contributed by atoms with Crippen LogP contribution in [0.5, 0.6) is 0 Å². The summed E-state index contributed by atoms with van der Waals surface area (Å²) >= 11 is 0. The number of aliphatic hydroxyl groups is 1. The van der Waals surface area contributed by atoms with Crippen LogP contribution in [-0.4, -0.2) is 32.2 Å². The smallest absolute Gasteiger partial charge is 0.226 e. The minimum absolute atomic E-state index is 0.109. The average Bonchev–Trinajstić information content (AvgIpc) is 3.31. The molecule has 1 N–H and O–H groups in total. The van der Waals surface area contributed by atoms with Gasteiger partial charge in [0.05, 0.1) is 24.5 Å². The second-order valence-electron chi connectivity index (χ2n) is 6.89. The Morgan fingerprint density at radius 1 is 1.20 bits per heavy atom. The number of carbonyl (C=O) groups excluding carboxylic acids is 1. The van der Waals surface area contributed by atoms with E-state index in [1.165, 1.54) is 0 Å². The monoisotopic (exact) mass is 337 g/mol. The van der Waals surface area contributed by atoms with E-state index < -0.39 is 6.10 Å². The standard InChI is InChI=1S/C20H23N3O2/c24-19(12-15-6-2-1-3-7-15)18-13-17-14-22(10-11-23(17)21-18)20(25)16-8-4-5-9-16/h1-7,13,16,19,24H,8-12,14H2/t19-/m0/s1. The van der Waals surface area contributed by atoms with Gasteiger partial charge in [-0.3, -0.25) is 9.48 Å². The highest BCUT2D eigenvalue weighted by Gasteiger charge is 2.29. The summed E-state index contributed by atoms with van der Waals surface area (Å²) in [6.07, 6.45) is 5.83. The summed E-state index contributed by atoms with van der Waals surface area (Å²) in [6.45, 7) is 1.97. The van der Waals surface area contributed by atoms with Gasteiger partial charge in [0.2, 0.25) is 5.91 Å². The van der Waals surface area contributed by atoms with Crippen molar-refractivity contribution < 1.29 is 9.90 Å². The molecule has 130 valence electrons. The second-order valence-corrected chi connectivity index (χ2v) is 6.89. The Labute approximate surface area is 147 Å². The Morgan fingerprint density at radius 3 is 2.72 bits per heavy atom. The number of carbonyl (C=O) groups is 1. The molecule has 0 saturated carbocycles. The number of allylic oxidation sites excluding steroid dienone is 2. The maximum absolute atomic E-state index is 12.6. The Hall–Kier alpha value is -2.40. The maximum atomic E-state index is 12.6. The molecular weight excluding hydrogens is 314 g/mol. The number of benzene rings is 1. The average molecular weight is 337 g/mol. The normalized spacial score (nSPS) is 18.4. The number of nitrogens with zero attached hydrogens (tertiary/aromatic N) is 3. The Kier molecular flexibility index (Phi) is 4.40. The Morgan fingerprint density at radius 2 is 1.96 bits per heavy atom. The van der Waals surface area contributed by atoms with Gasteiger partial charge in [0.15, 0.2) is 0 Å². The van der Waals surface area contributed by atoms with Gasteiger partial charge in [-0.15, -0.1) is 0 Å². The van der Waals surface area contributed by atoms with Crippen LogP contribution < -0.4 is 0 Å². The van der Waals surface area contributed by atoms with Crippen molar-refractivity contribution in [2.45, 2.75) is 38.5 Å². The highest BCUT2D eigenvalue weighted by atomic mass is 16.3. The summed E-state index contributed by atoms with van der Waals surface area (Å²) in [4.78, 5) is 14.5. The fourth-order valence-electron chi connectivity index (χ4n) is 3.66. The zero-order valence-electron chi connectivity index (χ0n) is 14.2. The number of hydrogen-bond donors (Lipinski definition) is 1. The van der Waals surface area contributed by atoms with Crippen molar-refractivity contribution in [3.8, 4) is 0 Å². The lowest BCUT2D eigenvalue weighted by atomic mass is 10.0. The quantitative estimate of drug-likeness (QED) is 0.872. The van der Waals surface area contributed by atoms with Crippen molar-refractivity contribution >= 4 is 5.91 Å². The molecule has 0 unspecified atom stereocenters. The molecule has 2 aliphatic rings.